The Labute approximate surface area is 118 Å². The van der Waals surface area contributed by atoms with Crippen LogP contribution in [-0.2, 0) is 11.5 Å². The fourth-order valence-corrected chi connectivity index (χ4v) is 2.15. The topological polar surface area (TPSA) is 126 Å². The molecule has 20 heavy (non-hydrogen) atoms. The standard InChI is InChI=1S/C11H13N5O3S/c1-19-4-16-3-5(9(13)18)7(17)6-8(12)14-11(20-2)15-10(6)16/h3H,4H2,1-2H3,(H2,13,18)(H2,12,14,15). The number of aromatic nitrogens is 3. The van der Waals surface area contributed by atoms with Crippen LogP contribution in [0, 0.1) is 0 Å². The Bertz CT molecular complexity index is 743. The maximum absolute atomic E-state index is 12.2. The van der Waals surface area contributed by atoms with Crippen LogP contribution in [0.3, 0.4) is 0 Å². The SMILES string of the molecule is COCn1cc(C(N)=O)c(=O)c2c(N)nc(SC)nc21. The number of thioether (sulfide) groups is 1. The number of nitrogens with zero attached hydrogens (tertiary/aromatic N) is 3. The van der Waals surface area contributed by atoms with Gasteiger partial charge in [-0.2, -0.15) is 0 Å². The molecule has 2 rings (SSSR count). The summed E-state index contributed by atoms with van der Waals surface area (Å²) in [5, 5.41) is 0.488. The fraction of sp³-hybridized carbons (Fsp3) is 0.273. The van der Waals surface area contributed by atoms with Gasteiger partial charge in [0.05, 0.1) is 0 Å². The van der Waals surface area contributed by atoms with Crippen molar-refractivity contribution in [1.82, 2.24) is 14.5 Å². The van der Waals surface area contributed by atoms with Crippen LogP contribution in [-0.4, -0.2) is 33.8 Å². The Hall–Kier alpha value is -2.13. The molecular weight excluding hydrogens is 282 g/mol. The zero-order valence-electron chi connectivity index (χ0n) is 10.9. The first-order valence-corrected chi connectivity index (χ1v) is 6.75. The molecule has 9 heteroatoms. The van der Waals surface area contributed by atoms with Gasteiger partial charge in [0.25, 0.3) is 5.91 Å². The molecule has 4 N–H and O–H groups in total. The van der Waals surface area contributed by atoms with Crippen molar-refractivity contribution in [1.29, 1.82) is 0 Å². The number of amides is 1. The molecule has 0 bridgehead atoms. The van der Waals surface area contributed by atoms with Crippen LogP contribution in [0.5, 0.6) is 0 Å². The monoisotopic (exact) mass is 295 g/mol. The van der Waals surface area contributed by atoms with Crippen molar-refractivity contribution in [3.8, 4) is 0 Å². The summed E-state index contributed by atoms with van der Waals surface area (Å²) in [6.07, 6.45) is 3.10. The lowest BCUT2D eigenvalue weighted by molar-refractivity contribution is 0.0996. The Morgan fingerprint density at radius 1 is 1.50 bits per heavy atom. The molecule has 0 aliphatic carbocycles. The van der Waals surface area contributed by atoms with Gasteiger partial charge >= 0.3 is 0 Å². The first kappa shape index (κ1) is 14.3. The molecular formula is C11H13N5O3S. The van der Waals surface area contributed by atoms with E-state index in [9.17, 15) is 9.59 Å². The number of carbonyl (C=O) groups excluding carboxylic acids is 1. The van der Waals surface area contributed by atoms with Crippen molar-refractivity contribution in [2.75, 3.05) is 19.1 Å². The Balaban J connectivity index is 2.93. The van der Waals surface area contributed by atoms with Crippen LogP contribution in [0.25, 0.3) is 11.0 Å². The van der Waals surface area contributed by atoms with E-state index in [0.29, 0.717) is 10.8 Å². The quantitative estimate of drug-likeness (QED) is 0.590. The van der Waals surface area contributed by atoms with Gasteiger partial charge in [-0.3, -0.25) is 9.59 Å². The first-order chi connectivity index (χ1) is 9.49. The third kappa shape index (κ3) is 2.32. The highest BCUT2D eigenvalue weighted by molar-refractivity contribution is 7.98. The van der Waals surface area contributed by atoms with E-state index in [0.717, 1.165) is 0 Å². The molecule has 2 aromatic rings. The summed E-state index contributed by atoms with van der Waals surface area (Å²) < 4.78 is 6.52. The number of primary amides is 1. The molecule has 0 saturated carbocycles. The number of hydrogen-bond donors (Lipinski definition) is 2. The van der Waals surface area contributed by atoms with E-state index in [2.05, 4.69) is 9.97 Å². The van der Waals surface area contributed by atoms with Crippen LogP contribution < -0.4 is 16.9 Å². The summed E-state index contributed by atoms with van der Waals surface area (Å²) in [4.78, 5) is 31.8. The minimum atomic E-state index is -0.838. The van der Waals surface area contributed by atoms with Gasteiger partial charge in [-0.15, -0.1) is 0 Å². The van der Waals surface area contributed by atoms with E-state index in [1.54, 1.807) is 6.26 Å². The van der Waals surface area contributed by atoms with Crippen LogP contribution in [0.15, 0.2) is 16.1 Å². The molecule has 106 valence electrons. The maximum Gasteiger partial charge on any atom is 0.254 e. The summed E-state index contributed by atoms with van der Waals surface area (Å²) in [7, 11) is 1.48. The number of fused-ring (bicyclic) bond motifs is 1. The second-order valence-corrected chi connectivity index (χ2v) is 4.69. The lowest BCUT2D eigenvalue weighted by atomic mass is 10.2. The lowest BCUT2D eigenvalue weighted by Gasteiger charge is -2.12. The molecule has 0 aliphatic heterocycles. The molecule has 0 aromatic carbocycles. The predicted molar refractivity (Wildman–Crippen MR) is 75.5 cm³/mol. The van der Waals surface area contributed by atoms with Crippen molar-refractivity contribution in [3.05, 3.63) is 22.0 Å². The number of pyridine rings is 1. The number of rotatable bonds is 4. The van der Waals surface area contributed by atoms with Crippen LogP contribution in [0.4, 0.5) is 5.82 Å². The number of ether oxygens (including phenoxy) is 1. The second kappa shape index (κ2) is 5.47. The van der Waals surface area contributed by atoms with Crippen molar-refractivity contribution in [3.63, 3.8) is 0 Å². The summed E-state index contributed by atoms with van der Waals surface area (Å²) in [5.74, 6) is -0.826. The fourth-order valence-electron chi connectivity index (χ4n) is 1.79. The van der Waals surface area contributed by atoms with E-state index in [4.69, 9.17) is 16.2 Å². The van der Waals surface area contributed by atoms with Gasteiger partial charge in [-0.25, -0.2) is 9.97 Å². The molecule has 0 saturated heterocycles. The highest BCUT2D eigenvalue weighted by atomic mass is 32.2. The molecule has 2 aromatic heterocycles. The summed E-state index contributed by atoms with van der Waals surface area (Å²) >= 11 is 1.29. The molecule has 0 spiro atoms. The van der Waals surface area contributed by atoms with Crippen molar-refractivity contribution in [2.24, 2.45) is 5.73 Å². The molecule has 0 radical (unpaired) electrons. The summed E-state index contributed by atoms with van der Waals surface area (Å²) in [5.41, 5.74) is 10.5. The zero-order chi connectivity index (χ0) is 14.9. The molecule has 8 nitrogen and oxygen atoms in total. The van der Waals surface area contributed by atoms with Gasteiger partial charge < -0.3 is 20.8 Å². The van der Waals surface area contributed by atoms with Crippen molar-refractivity contribution < 1.29 is 9.53 Å². The van der Waals surface area contributed by atoms with Crippen LogP contribution in [0.1, 0.15) is 10.4 Å². The zero-order valence-corrected chi connectivity index (χ0v) is 11.7. The number of carbonyl (C=O) groups is 1. The molecule has 0 aliphatic rings. The van der Waals surface area contributed by atoms with E-state index in [1.807, 2.05) is 0 Å². The molecule has 0 atom stereocenters. The lowest BCUT2D eigenvalue weighted by Crippen LogP contribution is -2.26. The largest absolute Gasteiger partial charge is 0.383 e. The summed E-state index contributed by atoms with van der Waals surface area (Å²) in [6.45, 7) is 0.0985. The second-order valence-electron chi connectivity index (χ2n) is 3.92. The van der Waals surface area contributed by atoms with Gasteiger partial charge in [-0.05, 0) is 6.26 Å². The van der Waals surface area contributed by atoms with E-state index < -0.39 is 11.3 Å². The maximum atomic E-state index is 12.2. The Morgan fingerprint density at radius 2 is 2.20 bits per heavy atom. The van der Waals surface area contributed by atoms with Gasteiger partial charge in [0.1, 0.15) is 23.5 Å². The normalized spacial score (nSPS) is 10.9. The Morgan fingerprint density at radius 3 is 2.75 bits per heavy atom. The molecule has 0 unspecified atom stereocenters. The predicted octanol–water partition coefficient (Wildman–Crippen LogP) is -0.202. The first-order valence-electron chi connectivity index (χ1n) is 5.53. The number of hydrogen-bond acceptors (Lipinski definition) is 7. The van der Waals surface area contributed by atoms with Crippen molar-refractivity contribution in [2.45, 2.75) is 11.9 Å². The van der Waals surface area contributed by atoms with E-state index >= 15 is 0 Å². The van der Waals surface area contributed by atoms with Crippen LogP contribution in [0.2, 0.25) is 0 Å². The Kier molecular flexibility index (Phi) is 3.91. The van der Waals surface area contributed by atoms with Gasteiger partial charge in [0.2, 0.25) is 5.43 Å². The van der Waals surface area contributed by atoms with Gasteiger partial charge in [-0.1, -0.05) is 11.8 Å². The molecule has 1 amide bonds. The average molecular weight is 295 g/mol. The molecule has 2 heterocycles. The third-order valence-electron chi connectivity index (χ3n) is 2.64. The highest BCUT2D eigenvalue weighted by Crippen LogP contribution is 2.19. The average Bonchev–Trinajstić information content (AvgIpc) is 2.40. The minimum absolute atomic E-state index is 0.0114. The third-order valence-corrected chi connectivity index (χ3v) is 3.19. The minimum Gasteiger partial charge on any atom is -0.383 e. The number of anilines is 1. The van der Waals surface area contributed by atoms with Crippen molar-refractivity contribution >= 4 is 34.5 Å². The summed E-state index contributed by atoms with van der Waals surface area (Å²) in [6, 6.07) is 0. The van der Waals surface area contributed by atoms with Gasteiger partial charge in [0.15, 0.2) is 10.8 Å². The van der Waals surface area contributed by atoms with Crippen LogP contribution >= 0.6 is 11.8 Å². The van der Waals surface area contributed by atoms with E-state index in [1.165, 1.54) is 29.6 Å². The number of nitrogen functional groups attached to an aromatic ring is 1. The smallest absolute Gasteiger partial charge is 0.254 e. The number of methoxy groups -OCH3 is 1. The molecule has 0 fully saturated rings. The highest BCUT2D eigenvalue weighted by Gasteiger charge is 2.17. The van der Waals surface area contributed by atoms with E-state index in [-0.39, 0.29) is 23.5 Å². The van der Waals surface area contributed by atoms with Gasteiger partial charge in [0, 0.05) is 13.3 Å². The number of nitrogens with two attached hydrogens (primary N) is 2.